The first-order valence-corrected chi connectivity index (χ1v) is 6.02. The number of alkyl halides is 4. The fourth-order valence-corrected chi connectivity index (χ4v) is 2.44. The normalized spacial score (nSPS) is 13.6. The summed E-state index contributed by atoms with van der Waals surface area (Å²) in [4.78, 5) is -0.717. The van der Waals surface area contributed by atoms with E-state index in [0.29, 0.717) is 5.56 Å². The lowest BCUT2D eigenvalue weighted by molar-refractivity contribution is -0.134. The van der Waals surface area contributed by atoms with Crippen molar-refractivity contribution in [2.24, 2.45) is 0 Å². The maximum Gasteiger partial charge on any atom is 0.390 e. The van der Waals surface area contributed by atoms with E-state index in [0.717, 1.165) is 16.9 Å². The maximum absolute atomic E-state index is 12.3. The molecule has 1 atom stereocenters. The van der Waals surface area contributed by atoms with Gasteiger partial charge in [0.1, 0.15) is 5.75 Å². The van der Waals surface area contributed by atoms with Gasteiger partial charge in [-0.15, -0.1) is 0 Å². The Morgan fingerprint density at radius 1 is 1.24 bits per heavy atom. The molecule has 0 bridgehead atoms. The first-order valence-electron chi connectivity index (χ1n) is 5.10. The van der Waals surface area contributed by atoms with Crippen LogP contribution in [0.3, 0.4) is 0 Å². The van der Waals surface area contributed by atoms with Crippen molar-refractivity contribution in [3.05, 3.63) is 28.8 Å². The fourth-order valence-electron chi connectivity index (χ4n) is 1.81. The highest BCUT2D eigenvalue weighted by Gasteiger charge is 2.31. The van der Waals surface area contributed by atoms with Crippen LogP contribution in [0.2, 0.25) is 0 Å². The van der Waals surface area contributed by atoms with Crippen molar-refractivity contribution < 1.29 is 17.9 Å². The maximum atomic E-state index is 12.3. The minimum absolute atomic E-state index is 0.623. The minimum Gasteiger partial charge on any atom is -0.496 e. The number of hydrogen-bond donors (Lipinski definition) is 0. The molecule has 1 nitrogen and oxygen atoms in total. The Labute approximate surface area is 107 Å². The molecule has 1 unspecified atom stereocenters. The number of halogens is 4. The van der Waals surface area contributed by atoms with Crippen LogP contribution in [0.1, 0.15) is 27.9 Å². The van der Waals surface area contributed by atoms with E-state index in [4.69, 9.17) is 4.74 Å². The molecule has 0 heterocycles. The van der Waals surface area contributed by atoms with E-state index in [9.17, 15) is 13.2 Å². The molecule has 0 fully saturated rings. The van der Waals surface area contributed by atoms with Crippen molar-refractivity contribution in [2.45, 2.75) is 31.3 Å². The molecule has 0 aliphatic rings. The summed E-state index contributed by atoms with van der Waals surface area (Å²) in [5.41, 5.74) is 2.31. The molecular weight excluding hydrogens is 297 g/mol. The molecule has 0 saturated carbocycles. The monoisotopic (exact) mass is 310 g/mol. The third-order valence-electron chi connectivity index (χ3n) is 2.46. The summed E-state index contributed by atoms with van der Waals surface area (Å²) in [5, 5.41) is 0. The zero-order valence-electron chi connectivity index (χ0n) is 9.86. The smallest absolute Gasteiger partial charge is 0.390 e. The first kappa shape index (κ1) is 14.4. The van der Waals surface area contributed by atoms with Gasteiger partial charge in [0.15, 0.2) is 0 Å². The Hall–Kier alpha value is -0.710. The van der Waals surface area contributed by atoms with E-state index in [1.165, 1.54) is 0 Å². The second-order valence-corrected chi connectivity index (χ2v) is 5.08. The van der Waals surface area contributed by atoms with E-state index in [1.54, 1.807) is 19.2 Å². The van der Waals surface area contributed by atoms with Crippen LogP contribution in [-0.2, 0) is 0 Å². The van der Waals surface area contributed by atoms with Gasteiger partial charge < -0.3 is 4.74 Å². The van der Waals surface area contributed by atoms with Crippen LogP contribution in [0.15, 0.2) is 12.1 Å². The van der Waals surface area contributed by atoms with E-state index < -0.39 is 17.4 Å². The van der Waals surface area contributed by atoms with Crippen molar-refractivity contribution in [3.63, 3.8) is 0 Å². The quantitative estimate of drug-likeness (QED) is 0.735. The lowest BCUT2D eigenvalue weighted by Gasteiger charge is -2.16. The average Bonchev–Trinajstić information content (AvgIpc) is 2.14. The Morgan fingerprint density at radius 3 is 2.06 bits per heavy atom. The van der Waals surface area contributed by atoms with Crippen LogP contribution >= 0.6 is 15.9 Å². The summed E-state index contributed by atoms with van der Waals surface area (Å²) >= 11 is 3.08. The lowest BCUT2D eigenvalue weighted by atomic mass is 10.0. The highest BCUT2D eigenvalue weighted by Crippen LogP contribution is 2.37. The summed E-state index contributed by atoms with van der Waals surface area (Å²) < 4.78 is 42.0. The third-order valence-corrected chi connectivity index (χ3v) is 3.31. The topological polar surface area (TPSA) is 9.23 Å². The van der Waals surface area contributed by atoms with Gasteiger partial charge in [-0.1, -0.05) is 28.1 Å². The molecule has 0 amide bonds. The predicted molar refractivity (Wildman–Crippen MR) is 64.8 cm³/mol. The number of aryl methyl sites for hydroxylation is 2. The zero-order valence-corrected chi connectivity index (χ0v) is 11.4. The number of hydrogen-bond acceptors (Lipinski definition) is 1. The Bertz CT molecular complexity index is 378. The van der Waals surface area contributed by atoms with Crippen molar-refractivity contribution in [2.75, 3.05) is 7.11 Å². The van der Waals surface area contributed by atoms with Gasteiger partial charge in [-0.3, -0.25) is 0 Å². The molecule has 0 saturated heterocycles. The minimum atomic E-state index is -4.17. The van der Waals surface area contributed by atoms with Crippen molar-refractivity contribution in [3.8, 4) is 5.75 Å². The highest BCUT2D eigenvalue weighted by molar-refractivity contribution is 9.09. The molecule has 0 spiro atoms. The van der Waals surface area contributed by atoms with Gasteiger partial charge in [0.2, 0.25) is 0 Å². The van der Waals surface area contributed by atoms with Crippen molar-refractivity contribution in [1.29, 1.82) is 0 Å². The lowest BCUT2D eigenvalue weighted by Crippen LogP contribution is -2.10. The number of ether oxygens (including phenoxy) is 1. The molecule has 5 heteroatoms. The highest BCUT2D eigenvalue weighted by atomic mass is 79.9. The second-order valence-electron chi connectivity index (χ2n) is 3.97. The first-order chi connectivity index (χ1) is 7.74. The van der Waals surface area contributed by atoms with Crippen LogP contribution in [0, 0.1) is 13.8 Å². The number of rotatable bonds is 3. The van der Waals surface area contributed by atoms with Gasteiger partial charge in [-0.05, 0) is 30.5 Å². The average molecular weight is 311 g/mol. The van der Waals surface area contributed by atoms with Crippen LogP contribution in [-0.4, -0.2) is 13.3 Å². The molecule has 0 radical (unpaired) electrons. The molecule has 0 aliphatic carbocycles. The summed E-state index contributed by atoms with van der Waals surface area (Å²) in [7, 11) is 1.55. The molecule has 0 aromatic heterocycles. The summed E-state index contributed by atoms with van der Waals surface area (Å²) in [6.45, 7) is 3.64. The number of methoxy groups -OCH3 is 1. The Balaban J connectivity index is 3.00. The third kappa shape index (κ3) is 3.91. The van der Waals surface area contributed by atoms with Crippen molar-refractivity contribution >= 4 is 15.9 Å². The van der Waals surface area contributed by atoms with Crippen LogP contribution in [0.25, 0.3) is 0 Å². The fraction of sp³-hybridized carbons (Fsp3) is 0.500. The predicted octanol–water partition coefficient (Wildman–Crippen LogP) is 4.70. The van der Waals surface area contributed by atoms with Gasteiger partial charge in [0.05, 0.1) is 13.5 Å². The van der Waals surface area contributed by atoms with E-state index in [2.05, 4.69) is 15.9 Å². The van der Waals surface area contributed by atoms with Crippen LogP contribution in [0.5, 0.6) is 5.75 Å². The van der Waals surface area contributed by atoms with Gasteiger partial charge in [-0.2, -0.15) is 13.2 Å². The van der Waals surface area contributed by atoms with E-state index in [1.807, 2.05) is 13.8 Å². The van der Waals surface area contributed by atoms with Crippen molar-refractivity contribution in [1.82, 2.24) is 0 Å². The molecule has 0 N–H and O–H groups in total. The Kier molecular flexibility index (Phi) is 4.47. The molecule has 1 rings (SSSR count). The molecule has 0 aliphatic heterocycles. The van der Waals surface area contributed by atoms with Gasteiger partial charge in [-0.25, -0.2) is 0 Å². The zero-order chi connectivity index (χ0) is 13.2. The molecule has 1 aromatic rings. The molecule has 96 valence electrons. The van der Waals surface area contributed by atoms with Gasteiger partial charge in [0.25, 0.3) is 0 Å². The summed E-state index contributed by atoms with van der Waals surface area (Å²) in [6, 6.07) is 3.44. The van der Waals surface area contributed by atoms with Crippen LogP contribution < -0.4 is 4.74 Å². The molecule has 17 heavy (non-hydrogen) atoms. The van der Waals surface area contributed by atoms with E-state index in [-0.39, 0.29) is 0 Å². The van der Waals surface area contributed by atoms with Gasteiger partial charge >= 0.3 is 6.18 Å². The molecular formula is C12H14BrF3O. The van der Waals surface area contributed by atoms with Crippen LogP contribution in [0.4, 0.5) is 13.2 Å². The SMILES string of the molecule is COc1c(C)cc(C(Br)CC(F)(F)F)cc1C. The second kappa shape index (κ2) is 5.29. The number of benzene rings is 1. The Morgan fingerprint density at radius 2 is 1.71 bits per heavy atom. The standard InChI is InChI=1S/C12H14BrF3O/c1-7-4-9(5-8(2)11(7)17-3)10(13)6-12(14,15)16/h4-5,10H,6H2,1-3H3. The molecule has 1 aromatic carbocycles. The van der Waals surface area contributed by atoms with Gasteiger partial charge in [0, 0.05) is 4.83 Å². The summed E-state index contributed by atoms with van der Waals surface area (Å²) in [5.74, 6) is 0.723. The van der Waals surface area contributed by atoms with E-state index >= 15 is 0 Å². The summed E-state index contributed by atoms with van der Waals surface area (Å²) in [6.07, 6.45) is -5.05. The largest absolute Gasteiger partial charge is 0.496 e.